The zero-order chi connectivity index (χ0) is 22.5. The largest absolute Gasteiger partial charge is 0.376 e. The summed E-state index contributed by atoms with van der Waals surface area (Å²) in [7, 11) is 0. The average Bonchev–Trinajstić information content (AvgIpc) is 3.14. The van der Waals surface area contributed by atoms with Crippen molar-refractivity contribution in [1.82, 2.24) is 15.2 Å². The van der Waals surface area contributed by atoms with Crippen LogP contribution in [0.5, 0.6) is 0 Å². The van der Waals surface area contributed by atoms with E-state index in [1.54, 1.807) is 12.1 Å². The molecule has 4 rings (SSSR count). The lowest BCUT2D eigenvalue weighted by atomic mass is 10.1. The van der Waals surface area contributed by atoms with Gasteiger partial charge in [0.2, 0.25) is 0 Å². The molecule has 1 unspecified atom stereocenters. The summed E-state index contributed by atoms with van der Waals surface area (Å²) in [5.74, 6) is -0.370. The minimum absolute atomic E-state index is 0.113. The molecule has 1 aliphatic heterocycles. The Hall–Kier alpha value is -2.61. The summed E-state index contributed by atoms with van der Waals surface area (Å²) in [6.07, 6.45) is 0.850. The van der Waals surface area contributed by atoms with Crippen molar-refractivity contribution in [1.29, 1.82) is 0 Å². The van der Waals surface area contributed by atoms with Crippen molar-refractivity contribution in [3.63, 3.8) is 0 Å². The number of benzene rings is 2. The number of aryl methyl sites for hydroxylation is 1. The van der Waals surface area contributed by atoms with Crippen LogP contribution < -0.4 is 5.32 Å². The van der Waals surface area contributed by atoms with Gasteiger partial charge >= 0.3 is 0 Å². The van der Waals surface area contributed by atoms with E-state index in [2.05, 4.69) is 34.3 Å². The van der Waals surface area contributed by atoms with Crippen molar-refractivity contribution >= 4 is 17.2 Å². The highest BCUT2D eigenvalue weighted by Gasteiger charge is 2.17. The highest BCUT2D eigenvalue weighted by Crippen LogP contribution is 2.21. The molecule has 1 atom stereocenters. The van der Waals surface area contributed by atoms with Gasteiger partial charge in [0, 0.05) is 32.6 Å². The second-order valence-electron chi connectivity index (χ2n) is 8.24. The molecule has 5 nitrogen and oxygen atoms in total. The molecule has 0 saturated carbocycles. The molecule has 2 aromatic carbocycles. The van der Waals surface area contributed by atoms with Gasteiger partial charge in [0.25, 0.3) is 5.91 Å². The molecule has 0 aliphatic carbocycles. The summed E-state index contributed by atoms with van der Waals surface area (Å²) < 4.78 is 18.7. The van der Waals surface area contributed by atoms with Crippen molar-refractivity contribution in [3.05, 3.63) is 86.6 Å². The zero-order valence-corrected chi connectivity index (χ0v) is 19.3. The molecule has 1 N–H and O–H groups in total. The molecule has 3 aromatic rings. The summed E-state index contributed by atoms with van der Waals surface area (Å²) in [6, 6.07) is 14.7. The topological polar surface area (TPSA) is 54.5 Å². The number of ether oxygens (including phenoxy) is 1. The molecule has 0 radical (unpaired) electrons. The SMILES string of the molecule is Cc1nc(Cc2ccc(F)cc2)sc1C(=O)NCc1cccc(CN2CCOC(C)C2)c1. The number of aromatic nitrogens is 1. The van der Waals surface area contributed by atoms with Crippen molar-refractivity contribution in [2.45, 2.75) is 39.5 Å². The van der Waals surface area contributed by atoms with Gasteiger partial charge in [-0.25, -0.2) is 9.37 Å². The van der Waals surface area contributed by atoms with Crippen molar-refractivity contribution in [3.8, 4) is 0 Å². The van der Waals surface area contributed by atoms with Gasteiger partial charge in [0.15, 0.2) is 0 Å². The van der Waals surface area contributed by atoms with Gasteiger partial charge in [0.05, 0.1) is 23.4 Å². The van der Waals surface area contributed by atoms with E-state index in [1.807, 2.05) is 19.1 Å². The van der Waals surface area contributed by atoms with Crippen molar-refractivity contribution < 1.29 is 13.9 Å². The molecule has 0 spiro atoms. The normalized spacial score (nSPS) is 16.8. The number of amides is 1. The third kappa shape index (κ3) is 6.00. The lowest BCUT2D eigenvalue weighted by Gasteiger charge is -2.31. The fourth-order valence-electron chi connectivity index (χ4n) is 3.91. The highest BCUT2D eigenvalue weighted by atomic mass is 32.1. The van der Waals surface area contributed by atoms with E-state index in [4.69, 9.17) is 4.74 Å². The Bertz CT molecular complexity index is 1070. The Labute approximate surface area is 192 Å². The first-order valence-electron chi connectivity index (χ1n) is 10.9. The number of nitrogens with zero attached hydrogens (tertiary/aromatic N) is 2. The number of carbonyl (C=O) groups is 1. The van der Waals surface area contributed by atoms with E-state index in [1.165, 1.54) is 29.0 Å². The van der Waals surface area contributed by atoms with Crippen LogP contribution in [0.3, 0.4) is 0 Å². The number of rotatable bonds is 7. The number of halogens is 1. The maximum Gasteiger partial charge on any atom is 0.263 e. The number of nitrogens with one attached hydrogen (secondary N) is 1. The summed E-state index contributed by atoms with van der Waals surface area (Å²) in [5, 5.41) is 3.88. The molecule has 1 aliphatic rings. The average molecular weight is 454 g/mol. The van der Waals surface area contributed by atoms with Crippen LogP contribution in [0.15, 0.2) is 48.5 Å². The third-order valence-electron chi connectivity index (χ3n) is 5.49. The first kappa shape index (κ1) is 22.6. The lowest BCUT2D eigenvalue weighted by molar-refractivity contribution is -0.0212. The van der Waals surface area contributed by atoms with Crippen LogP contribution in [-0.2, 0) is 24.2 Å². The van der Waals surface area contributed by atoms with Gasteiger partial charge in [-0.15, -0.1) is 11.3 Å². The Kier molecular flexibility index (Phi) is 7.29. The molecule has 1 amide bonds. The fraction of sp³-hybridized carbons (Fsp3) is 0.360. The maximum absolute atomic E-state index is 13.1. The minimum Gasteiger partial charge on any atom is -0.376 e. The van der Waals surface area contributed by atoms with Crippen LogP contribution >= 0.6 is 11.3 Å². The fourth-order valence-corrected chi connectivity index (χ4v) is 4.92. The molecular weight excluding hydrogens is 425 g/mol. The summed E-state index contributed by atoms with van der Waals surface area (Å²) in [6.45, 7) is 7.96. The van der Waals surface area contributed by atoms with Crippen LogP contribution in [-0.4, -0.2) is 41.6 Å². The van der Waals surface area contributed by atoms with E-state index in [9.17, 15) is 9.18 Å². The van der Waals surface area contributed by atoms with Gasteiger partial charge in [0.1, 0.15) is 10.7 Å². The first-order valence-corrected chi connectivity index (χ1v) is 11.7. The smallest absolute Gasteiger partial charge is 0.263 e. The van der Waals surface area contributed by atoms with E-state index < -0.39 is 0 Å². The van der Waals surface area contributed by atoms with Crippen molar-refractivity contribution in [2.75, 3.05) is 19.7 Å². The monoisotopic (exact) mass is 453 g/mol. The van der Waals surface area contributed by atoms with Crippen LogP contribution in [0.1, 0.15) is 44.0 Å². The Morgan fingerprint density at radius 3 is 2.78 bits per heavy atom. The predicted octanol–water partition coefficient (Wildman–Crippen LogP) is 4.33. The molecule has 2 heterocycles. The number of carbonyl (C=O) groups excluding carboxylic acids is 1. The summed E-state index contributed by atoms with van der Waals surface area (Å²) in [4.78, 5) is 20.3. The zero-order valence-electron chi connectivity index (χ0n) is 18.4. The Morgan fingerprint density at radius 2 is 2.00 bits per heavy atom. The van der Waals surface area contributed by atoms with Gasteiger partial charge in [-0.3, -0.25) is 9.69 Å². The molecule has 1 aromatic heterocycles. The quantitative estimate of drug-likeness (QED) is 0.579. The summed E-state index contributed by atoms with van der Waals surface area (Å²) >= 11 is 1.39. The molecule has 0 bridgehead atoms. The Balaban J connectivity index is 1.34. The van der Waals surface area contributed by atoms with E-state index in [0.717, 1.165) is 48.1 Å². The number of morpholine rings is 1. The predicted molar refractivity (Wildman–Crippen MR) is 124 cm³/mol. The van der Waals surface area contributed by atoms with Crippen LogP contribution in [0.25, 0.3) is 0 Å². The van der Waals surface area contributed by atoms with Crippen LogP contribution in [0.4, 0.5) is 4.39 Å². The lowest BCUT2D eigenvalue weighted by Crippen LogP contribution is -2.40. The molecule has 7 heteroatoms. The van der Waals surface area contributed by atoms with Gasteiger partial charge in [-0.1, -0.05) is 36.4 Å². The minimum atomic E-state index is -0.257. The maximum atomic E-state index is 13.1. The van der Waals surface area contributed by atoms with Crippen molar-refractivity contribution in [2.24, 2.45) is 0 Å². The highest BCUT2D eigenvalue weighted by molar-refractivity contribution is 7.13. The van der Waals surface area contributed by atoms with Gasteiger partial charge in [-0.2, -0.15) is 0 Å². The molecular formula is C25H28FN3O2S. The molecule has 1 saturated heterocycles. The Morgan fingerprint density at radius 1 is 1.22 bits per heavy atom. The van der Waals surface area contributed by atoms with Crippen LogP contribution in [0.2, 0.25) is 0 Å². The molecule has 32 heavy (non-hydrogen) atoms. The number of thiazole rings is 1. The summed E-state index contributed by atoms with van der Waals surface area (Å²) in [5.41, 5.74) is 4.01. The van der Waals surface area contributed by atoms with E-state index in [-0.39, 0.29) is 17.8 Å². The first-order chi connectivity index (χ1) is 15.5. The second kappa shape index (κ2) is 10.3. The van der Waals surface area contributed by atoms with E-state index >= 15 is 0 Å². The molecule has 168 valence electrons. The third-order valence-corrected chi connectivity index (χ3v) is 6.65. The van der Waals surface area contributed by atoms with Gasteiger partial charge in [-0.05, 0) is 42.7 Å². The van der Waals surface area contributed by atoms with Crippen LogP contribution in [0, 0.1) is 12.7 Å². The standard InChI is InChI=1S/C25H28FN3O2S/c1-17-15-29(10-11-31-17)16-21-5-3-4-20(12-21)14-27-25(30)24-18(2)28-23(32-24)13-19-6-8-22(26)9-7-19/h3-9,12,17H,10-11,13-16H2,1-2H3,(H,27,30). The molecule has 1 fully saturated rings. The second-order valence-corrected chi connectivity index (χ2v) is 9.33. The number of hydrogen-bond acceptors (Lipinski definition) is 5. The van der Waals surface area contributed by atoms with E-state index in [0.29, 0.717) is 17.8 Å². The number of hydrogen-bond donors (Lipinski definition) is 1. The van der Waals surface area contributed by atoms with Gasteiger partial charge < -0.3 is 10.1 Å².